The van der Waals surface area contributed by atoms with E-state index in [1.54, 1.807) is 0 Å². The van der Waals surface area contributed by atoms with Crippen molar-refractivity contribution in [3.05, 3.63) is 0 Å². The fourth-order valence-electron chi connectivity index (χ4n) is 0.667. The van der Waals surface area contributed by atoms with Gasteiger partial charge in [-0.1, -0.05) is 27.7 Å². The first kappa shape index (κ1) is 14.4. The van der Waals surface area contributed by atoms with Crippen molar-refractivity contribution in [2.45, 2.75) is 39.8 Å². The largest absolute Gasteiger partial charge is 0.333 e. The van der Waals surface area contributed by atoms with Crippen molar-refractivity contribution in [3.63, 3.8) is 0 Å². The summed E-state index contributed by atoms with van der Waals surface area (Å²) in [4.78, 5) is 0. The SMILES string of the molecule is CC(C)NC(C)C.C[N+](C)(C)C. The molecule has 0 unspecified atom stereocenters. The van der Waals surface area contributed by atoms with E-state index in [4.69, 9.17) is 0 Å². The fraction of sp³-hybridized carbons (Fsp3) is 1.00. The van der Waals surface area contributed by atoms with Gasteiger partial charge >= 0.3 is 0 Å². The van der Waals surface area contributed by atoms with E-state index in [9.17, 15) is 0 Å². The van der Waals surface area contributed by atoms with E-state index in [0.717, 1.165) is 4.48 Å². The Labute approximate surface area is 78.5 Å². The average Bonchev–Trinajstić information content (AvgIpc) is 1.52. The molecule has 0 saturated heterocycles. The van der Waals surface area contributed by atoms with Crippen molar-refractivity contribution in [2.24, 2.45) is 0 Å². The number of hydrogen-bond donors (Lipinski definition) is 1. The topological polar surface area (TPSA) is 12.0 Å². The molecule has 2 nitrogen and oxygen atoms in total. The van der Waals surface area contributed by atoms with Crippen molar-refractivity contribution in [1.29, 1.82) is 0 Å². The van der Waals surface area contributed by atoms with Crippen LogP contribution < -0.4 is 5.32 Å². The summed E-state index contributed by atoms with van der Waals surface area (Å²) in [7, 11) is 8.50. The van der Waals surface area contributed by atoms with E-state index in [2.05, 4.69) is 61.2 Å². The van der Waals surface area contributed by atoms with E-state index in [1.165, 1.54) is 0 Å². The molecular weight excluding hydrogens is 148 g/mol. The normalized spacial score (nSPS) is 11.5. The van der Waals surface area contributed by atoms with Gasteiger partial charge in [0.05, 0.1) is 28.2 Å². The molecular formula is C10H27N2+. The maximum absolute atomic E-state index is 3.31. The maximum atomic E-state index is 3.31. The Morgan fingerprint density at radius 1 is 0.750 bits per heavy atom. The summed E-state index contributed by atoms with van der Waals surface area (Å²) in [5.41, 5.74) is 0. The van der Waals surface area contributed by atoms with Gasteiger partial charge in [-0.15, -0.1) is 0 Å². The van der Waals surface area contributed by atoms with Gasteiger partial charge in [-0.25, -0.2) is 0 Å². The van der Waals surface area contributed by atoms with Gasteiger partial charge in [-0.3, -0.25) is 0 Å². The molecule has 0 rings (SSSR count). The van der Waals surface area contributed by atoms with Gasteiger partial charge in [0.15, 0.2) is 0 Å². The molecule has 0 aromatic carbocycles. The summed E-state index contributed by atoms with van der Waals surface area (Å²) in [6.07, 6.45) is 0. The highest BCUT2D eigenvalue weighted by atomic mass is 15.2. The molecule has 0 aliphatic heterocycles. The Morgan fingerprint density at radius 3 is 0.917 bits per heavy atom. The number of rotatable bonds is 2. The van der Waals surface area contributed by atoms with Crippen molar-refractivity contribution < 1.29 is 4.48 Å². The Kier molecular flexibility index (Phi) is 7.75. The molecule has 0 aliphatic carbocycles. The molecule has 0 fully saturated rings. The van der Waals surface area contributed by atoms with Crippen LogP contribution >= 0.6 is 0 Å². The van der Waals surface area contributed by atoms with Gasteiger partial charge in [0.25, 0.3) is 0 Å². The summed E-state index contributed by atoms with van der Waals surface area (Å²) in [6.45, 7) is 8.61. The quantitative estimate of drug-likeness (QED) is 0.630. The van der Waals surface area contributed by atoms with Crippen molar-refractivity contribution >= 4 is 0 Å². The highest BCUT2D eigenvalue weighted by Crippen LogP contribution is 1.80. The molecule has 0 radical (unpaired) electrons. The Morgan fingerprint density at radius 2 is 0.917 bits per heavy atom. The third-order valence-corrected chi connectivity index (χ3v) is 0.667. The summed E-state index contributed by atoms with van der Waals surface area (Å²) < 4.78 is 1.00. The van der Waals surface area contributed by atoms with Gasteiger partial charge in [-0.2, -0.15) is 0 Å². The fourth-order valence-corrected chi connectivity index (χ4v) is 0.667. The second kappa shape index (κ2) is 6.44. The molecule has 1 N–H and O–H groups in total. The van der Waals surface area contributed by atoms with Crippen molar-refractivity contribution in [2.75, 3.05) is 28.2 Å². The Hall–Kier alpha value is -0.0800. The highest BCUT2D eigenvalue weighted by molar-refractivity contribution is 4.55. The molecule has 0 spiro atoms. The third kappa shape index (κ3) is 51.4. The first-order chi connectivity index (χ1) is 5.13. The molecule has 0 heterocycles. The molecule has 0 aromatic rings. The predicted octanol–water partition coefficient (Wildman–Crippen LogP) is 1.72. The second-order valence-electron chi connectivity index (χ2n) is 5.16. The van der Waals surface area contributed by atoms with Crippen LogP contribution in [0, 0.1) is 0 Å². The zero-order valence-corrected chi connectivity index (χ0v) is 10.1. The van der Waals surface area contributed by atoms with Crippen LogP contribution in [0.1, 0.15) is 27.7 Å². The summed E-state index contributed by atoms with van der Waals surface area (Å²) >= 11 is 0. The molecule has 0 amide bonds. The van der Waals surface area contributed by atoms with E-state index in [0.29, 0.717) is 12.1 Å². The predicted molar refractivity (Wildman–Crippen MR) is 57.4 cm³/mol. The minimum absolute atomic E-state index is 0.625. The van der Waals surface area contributed by atoms with Crippen LogP contribution in [0.2, 0.25) is 0 Å². The Bertz CT molecular complexity index is 78.5. The van der Waals surface area contributed by atoms with Crippen LogP contribution in [0.5, 0.6) is 0 Å². The lowest BCUT2D eigenvalue weighted by atomic mass is 10.3. The van der Waals surface area contributed by atoms with E-state index < -0.39 is 0 Å². The monoisotopic (exact) mass is 175 g/mol. The lowest BCUT2D eigenvalue weighted by Crippen LogP contribution is -2.29. The molecule has 76 valence electrons. The van der Waals surface area contributed by atoms with Crippen LogP contribution in [-0.4, -0.2) is 44.8 Å². The zero-order chi connectivity index (χ0) is 10.4. The number of nitrogens with one attached hydrogen (secondary N) is 1. The van der Waals surface area contributed by atoms with Crippen LogP contribution in [0.3, 0.4) is 0 Å². The molecule has 0 saturated carbocycles. The standard InChI is InChI=1S/C6H15N.C4H12N/c1-5(2)7-6(3)4;1-5(2,3)4/h5-7H,1-4H3;1-4H3/q;+1. The number of quaternary nitrogens is 1. The molecule has 2 heteroatoms. The minimum atomic E-state index is 0.625. The summed E-state index contributed by atoms with van der Waals surface area (Å²) in [5.74, 6) is 0. The Balaban J connectivity index is 0. The first-order valence-electron chi connectivity index (χ1n) is 4.68. The second-order valence-corrected chi connectivity index (χ2v) is 5.16. The first-order valence-corrected chi connectivity index (χ1v) is 4.68. The van der Waals surface area contributed by atoms with Crippen LogP contribution in [-0.2, 0) is 0 Å². The lowest BCUT2D eigenvalue weighted by Gasteiger charge is -2.14. The van der Waals surface area contributed by atoms with Crippen LogP contribution in [0.4, 0.5) is 0 Å². The molecule has 12 heavy (non-hydrogen) atoms. The van der Waals surface area contributed by atoms with Gasteiger partial charge in [0.2, 0.25) is 0 Å². The van der Waals surface area contributed by atoms with Gasteiger partial charge in [0.1, 0.15) is 0 Å². The van der Waals surface area contributed by atoms with E-state index in [1.807, 2.05) is 0 Å². The van der Waals surface area contributed by atoms with Crippen molar-refractivity contribution in [1.82, 2.24) is 5.32 Å². The molecule has 0 atom stereocenters. The van der Waals surface area contributed by atoms with E-state index in [-0.39, 0.29) is 0 Å². The van der Waals surface area contributed by atoms with E-state index >= 15 is 0 Å². The highest BCUT2D eigenvalue weighted by Gasteiger charge is 1.92. The van der Waals surface area contributed by atoms with Gasteiger partial charge < -0.3 is 9.80 Å². The molecule has 0 aromatic heterocycles. The lowest BCUT2D eigenvalue weighted by molar-refractivity contribution is -0.849. The van der Waals surface area contributed by atoms with Gasteiger partial charge in [-0.05, 0) is 0 Å². The summed E-state index contributed by atoms with van der Waals surface area (Å²) in [5, 5.41) is 3.31. The van der Waals surface area contributed by atoms with Crippen LogP contribution in [0.15, 0.2) is 0 Å². The van der Waals surface area contributed by atoms with Crippen molar-refractivity contribution in [3.8, 4) is 0 Å². The zero-order valence-electron chi connectivity index (χ0n) is 10.1. The third-order valence-electron chi connectivity index (χ3n) is 0.667. The van der Waals surface area contributed by atoms with Gasteiger partial charge in [0, 0.05) is 12.1 Å². The van der Waals surface area contributed by atoms with Crippen LogP contribution in [0.25, 0.3) is 0 Å². The average molecular weight is 175 g/mol. The number of nitrogens with zero attached hydrogens (tertiary/aromatic N) is 1. The summed E-state index contributed by atoms with van der Waals surface area (Å²) in [6, 6.07) is 1.25. The molecule has 0 bridgehead atoms. The minimum Gasteiger partial charge on any atom is -0.333 e. The molecule has 0 aliphatic rings. The number of hydrogen-bond acceptors (Lipinski definition) is 1. The smallest absolute Gasteiger partial charge is 0.0675 e. The maximum Gasteiger partial charge on any atom is 0.0675 e.